The lowest BCUT2D eigenvalue weighted by atomic mass is 10.2. The predicted octanol–water partition coefficient (Wildman–Crippen LogP) is 2.81. The molecule has 0 radical (unpaired) electrons. The van der Waals surface area contributed by atoms with Gasteiger partial charge in [0, 0.05) is 18.0 Å². The van der Waals surface area contributed by atoms with E-state index in [4.69, 9.17) is 4.52 Å². The molecule has 2 fully saturated rings. The van der Waals surface area contributed by atoms with E-state index in [9.17, 15) is 9.59 Å². The van der Waals surface area contributed by atoms with E-state index in [1.165, 1.54) is 35.9 Å². The zero-order chi connectivity index (χ0) is 17.9. The highest BCUT2D eigenvalue weighted by molar-refractivity contribution is 8.01. The van der Waals surface area contributed by atoms with Gasteiger partial charge in [0.15, 0.2) is 10.0 Å². The summed E-state index contributed by atoms with van der Waals surface area (Å²) in [6.07, 6.45) is 6.67. The highest BCUT2D eigenvalue weighted by Crippen LogP contribution is 2.40. The molecule has 2 amide bonds. The molecule has 0 unspecified atom stereocenters. The van der Waals surface area contributed by atoms with Gasteiger partial charge in [-0.1, -0.05) is 41.1 Å². The van der Waals surface area contributed by atoms with Crippen molar-refractivity contribution in [2.45, 2.75) is 54.8 Å². The van der Waals surface area contributed by atoms with Gasteiger partial charge >= 0.3 is 0 Å². The largest absolute Gasteiger partial charge is 0.360 e. The molecule has 2 aliphatic carbocycles. The Labute approximate surface area is 158 Å². The van der Waals surface area contributed by atoms with Crippen LogP contribution in [0, 0.1) is 0 Å². The van der Waals surface area contributed by atoms with Crippen LogP contribution in [0.2, 0.25) is 0 Å². The Bertz CT molecular complexity index is 795. The van der Waals surface area contributed by atoms with Crippen molar-refractivity contribution in [1.29, 1.82) is 0 Å². The number of rotatable bonds is 7. The van der Waals surface area contributed by atoms with Crippen molar-refractivity contribution in [3.05, 3.63) is 17.5 Å². The van der Waals surface area contributed by atoms with Gasteiger partial charge in [-0.05, 0) is 25.7 Å². The molecule has 138 valence electrons. The molecular weight excluding hydrogens is 374 g/mol. The summed E-state index contributed by atoms with van der Waals surface area (Å²) in [7, 11) is 0. The van der Waals surface area contributed by atoms with Gasteiger partial charge in [0.25, 0.3) is 5.91 Å². The number of nitrogens with zero attached hydrogens (tertiary/aromatic N) is 3. The van der Waals surface area contributed by atoms with Crippen LogP contribution in [0.3, 0.4) is 0 Å². The Morgan fingerprint density at radius 3 is 2.81 bits per heavy atom. The Hall–Kier alpha value is -1.94. The van der Waals surface area contributed by atoms with Crippen molar-refractivity contribution >= 4 is 40.0 Å². The molecule has 0 bridgehead atoms. The number of aromatic nitrogens is 3. The highest BCUT2D eigenvalue weighted by atomic mass is 32.2. The molecule has 0 aromatic carbocycles. The lowest BCUT2D eigenvalue weighted by Gasteiger charge is -2.10. The number of carbonyl (C=O) groups excluding carboxylic acids is 2. The summed E-state index contributed by atoms with van der Waals surface area (Å²) in [5, 5.41) is 17.8. The third kappa shape index (κ3) is 4.42. The van der Waals surface area contributed by atoms with E-state index in [1.807, 2.05) is 0 Å². The van der Waals surface area contributed by atoms with E-state index in [-0.39, 0.29) is 17.5 Å². The zero-order valence-electron chi connectivity index (χ0n) is 14.1. The van der Waals surface area contributed by atoms with Gasteiger partial charge < -0.3 is 9.84 Å². The maximum atomic E-state index is 12.2. The first-order valence-corrected chi connectivity index (χ1v) is 10.5. The van der Waals surface area contributed by atoms with E-state index in [2.05, 4.69) is 26.0 Å². The monoisotopic (exact) mass is 393 g/mol. The number of hydrogen-bond donors (Lipinski definition) is 2. The molecule has 2 aromatic rings. The van der Waals surface area contributed by atoms with E-state index in [0.29, 0.717) is 27.2 Å². The average molecular weight is 393 g/mol. The Morgan fingerprint density at radius 1 is 1.23 bits per heavy atom. The van der Waals surface area contributed by atoms with E-state index in [1.54, 1.807) is 6.07 Å². The first-order chi connectivity index (χ1) is 12.7. The number of nitrogens with one attached hydrogen (secondary N) is 2. The van der Waals surface area contributed by atoms with Crippen LogP contribution in [0.15, 0.2) is 14.9 Å². The van der Waals surface area contributed by atoms with Gasteiger partial charge in [-0.15, -0.1) is 10.2 Å². The van der Waals surface area contributed by atoms with Crippen molar-refractivity contribution in [2.75, 3.05) is 11.1 Å². The fourth-order valence-electron chi connectivity index (χ4n) is 2.90. The van der Waals surface area contributed by atoms with E-state index in [0.717, 1.165) is 31.4 Å². The molecule has 0 atom stereocenters. The molecule has 26 heavy (non-hydrogen) atoms. The topological polar surface area (TPSA) is 110 Å². The number of hydrogen-bond acceptors (Lipinski definition) is 8. The molecule has 8 nitrogen and oxygen atoms in total. The number of carbonyl (C=O) groups is 2. The SMILES string of the molecule is O=C(CSc1nnc(NC(=O)c2cc(C3CC3)on2)s1)NC1CCCC1. The zero-order valence-corrected chi connectivity index (χ0v) is 15.7. The van der Waals surface area contributed by atoms with Crippen molar-refractivity contribution in [1.82, 2.24) is 20.7 Å². The number of amides is 2. The summed E-state index contributed by atoms with van der Waals surface area (Å²) in [5.41, 5.74) is 0.243. The van der Waals surface area contributed by atoms with Crippen LogP contribution < -0.4 is 10.6 Å². The summed E-state index contributed by atoms with van der Waals surface area (Å²) in [6.45, 7) is 0. The lowest BCUT2D eigenvalue weighted by molar-refractivity contribution is -0.119. The van der Waals surface area contributed by atoms with Crippen molar-refractivity contribution in [3.8, 4) is 0 Å². The average Bonchev–Trinajstić information content (AvgIpc) is 3.06. The summed E-state index contributed by atoms with van der Waals surface area (Å²) < 4.78 is 5.82. The third-order valence-electron chi connectivity index (χ3n) is 4.41. The van der Waals surface area contributed by atoms with Gasteiger partial charge in [0.1, 0.15) is 5.76 Å². The fourth-order valence-corrected chi connectivity index (χ4v) is 4.46. The quantitative estimate of drug-likeness (QED) is 0.550. The van der Waals surface area contributed by atoms with Crippen LogP contribution in [-0.4, -0.2) is 39.0 Å². The van der Waals surface area contributed by atoms with Gasteiger partial charge in [0.2, 0.25) is 11.0 Å². The normalized spacial score (nSPS) is 17.4. The van der Waals surface area contributed by atoms with Gasteiger partial charge in [0.05, 0.1) is 5.75 Å². The summed E-state index contributed by atoms with van der Waals surface area (Å²) in [6, 6.07) is 1.99. The Balaban J connectivity index is 1.25. The van der Waals surface area contributed by atoms with Gasteiger partial charge in [-0.25, -0.2) is 0 Å². The second-order valence-electron chi connectivity index (χ2n) is 6.55. The van der Waals surface area contributed by atoms with Crippen molar-refractivity contribution < 1.29 is 14.1 Å². The van der Waals surface area contributed by atoms with E-state index >= 15 is 0 Å². The van der Waals surface area contributed by atoms with Crippen molar-refractivity contribution in [3.63, 3.8) is 0 Å². The van der Waals surface area contributed by atoms with Crippen LogP contribution in [0.1, 0.15) is 60.7 Å². The molecular formula is C16H19N5O3S2. The number of thioether (sulfide) groups is 1. The van der Waals surface area contributed by atoms with Crippen LogP contribution >= 0.6 is 23.1 Å². The molecule has 2 heterocycles. The Morgan fingerprint density at radius 2 is 2.04 bits per heavy atom. The van der Waals surface area contributed by atoms with Crippen LogP contribution in [0.4, 0.5) is 5.13 Å². The molecule has 2 aliphatic rings. The second kappa shape index (κ2) is 7.75. The molecule has 0 spiro atoms. The molecule has 4 rings (SSSR count). The molecule has 2 saturated carbocycles. The summed E-state index contributed by atoms with van der Waals surface area (Å²) >= 11 is 2.56. The van der Waals surface area contributed by atoms with Crippen LogP contribution in [0.25, 0.3) is 0 Å². The minimum absolute atomic E-state index is 0.0119. The Kier molecular flexibility index (Phi) is 5.21. The highest BCUT2D eigenvalue weighted by Gasteiger charge is 2.29. The first kappa shape index (κ1) is 17.5. The maximum absolute atomic E-state index is 12.2. The smallest absolute Gasteiger partial charge is 0.279 e. The molecule has 10 heteroatoms. The third-order valence-corrected chi connectivity index (χ3v) is 6.39. The maximum Gasteiger partial charge on any atom is 0.279 e. The molecule has 0 aliphatic heterocycles. The summed E-state index contributed by atoms with van der Waals surface area (Å²) in [5.74, 6) is 1.11. The van der Waals surface area contributed by atoms with Crippen LogP contribution in [0.5, 0.6) is 0 Å². The summed E-state index contributed by atoms with van der Waals surface area (Å²) in [4.78, 5) is 24.1. The fraction of sp³-hybridized carbons (Fsp3) is 0.562. The molecule has 2 N–H and O–H groups in total. The minimum Gasteiger partial charge on any atom is -0.360 e. The molecule has 2 aromatic heterocycles. The van der Waals surface area contributed by atoms with Gasteiger partial charge in [-0.2, -0.15) is 0 Å². The van der Waals surface area contributed by atoms with Gasteiger partial charge in [-0.3, -0.25) is 14.9 Å². The van der Waals surface area contributed by atoms with Crippen molar-refractivity contribution in [2.24, 2.45) is 0 Å². The molecule has 0 saturated heterocycles. The first-order valence-electron chi connectivity index (χ1n) is 8.71. The lowest BCUT2D eigenvalue weighted by Crippen LogP contribution is -2.33. The predicted molar refractivity (Wildman–Crippen MR) is 97.5 cm³/mol. The second-order valence-corrected chi connectivity index (χ2v) is 8.75. The van der Waals surface area contributed by atoms with E-state index < -0.39 is 0 Å². The standard InChI is InChI=1S/C16H19N5O3S2/c22-13(17-10-3-1-2-4-10)8-25-16-20-19-15(26-16)18-14(23)11-7-12(24-21-11)9-5-6-9/h7,9-10H,1-6,8H2,(H,17,22)(H,18,19,23). The number of anilines is 1. The van der Waals surface area contributed by atoms with Crippen LogP contribution in [-0.2, 0) is 4.79 Å². The minimum atomic E-state index is -0.368.